The second kappa shape index (κ2) is 8.37. The fraction of sp³-hybridized carbons (Fsp3) is 0.167. The van der Waals surface area contributed by atoms with Gasteiger partial charge in [-0.3, -0.25) is 4.79 Å². The Labute approximate surface area is 181 Å². The molecule has 1 aromatic heterocycles. The van der Waals surface area contributed by atoms with Crippen LogP contribution in [0.1, 0.15) is 22.6 Å². The average Bonchev–Trinajstić information content (AvgIpc) is 3.12. The Hall–Kier alpha value is -3.81. The Bertz CT molecular complexity index is 1280. The van der Waals surface area contributed by atoms with Gasteiger partial charge in [-0.25, -0.2) is 4.98 Å². The Balaban J connectivity index is 1.57. The molecule has 1 N–H and O–H groups in total. The molecule has 8 heteroatoms. The van der Waals surface area contributed by atoms with E-state index in [1.54, 1.807) is 19.1 Å². The lowest BCUT2D eigenvalue weighted by Gasteiger charge is -2.11. The third-order valence-corrected chi connectivity index (χ3v) is 4.98. The molecule has 164 valence electrons. The number of alkyl halides is 3. The van der Waals surface area contributed by atoms with Crippen LogP contribution >= 0.6 is 0 Å². The summed E-state index contributed by atoms with van der Waals surface area (Å²) >= 11 is 0. The fourth-order valence-corrected chi connectivity index (χ4v) is 3.33. The molecule has 3 aromatic carbocycles. The number of nitrogens with zero attached hydrogens (tertiary/aromatic N) is 1. The highest BCUT2D eigenvalue weighted by Gasteiger charge is 2.30. The normalized spacial score (nSPS) is 11.6. The van der Waals surface area contributed by atoms with Crippen LogP contribution < -0.4 is 4.74 Å². The Morgan fingerprint density at radius 2 is 1.72 bits per heavy atom. The molecule has 4 rings (SSSR count). The highest BCUT2D eigenvalue weighted by Crippen LogP contribution is 2.32. The molecule has 0 saturated carbocycles. The lowest BCUT2D eigenvalue weighted by Crippen LogP contribution is -2.04. The van der Waals surface area contributed by atoms with E-state index in [2.05, 4.69) is 4.98 Å². The van der Waals surface area contributed by atoms with Gasteiger partial charge in [0.15, 0.2) is 5.76 Å². The van der Waals surface area contributed by atoms with E-state index in [1.807, 2.05) is 24.3 Å². The largest absolute Gasteiger partial charge is 0.485 e. The van der Waals surface area contributed by atoms with Gasteiger partial charge < -0.3 is 14.3 Å². The molecule has 0 amide bonds. The van der Waals surface area contributed by atoms with Crippen molar-refractivity contribution in [3.05, 3.63) is 83.2 Å². The van der Waals surface area contributed by atoms with Crippen LogP contribution in [0.2, 0.25) is 0 Å². The maximum Gasteiger partial charge on any atom is 0.416 e. The van der Waals surface area contributed by atoms with E-state index in [1.165, 1.54) is 12.1 Å². The first kappa shape index (κ1) is 21.4. The summed E-state index contributed by atoms with van der Waals surface area (Å²) in [4.78, 5) is 15.6. The highest BCUT2D eigenvalue weighted by molar-refractivity contribution is 5.86. The van der Waals surface area contributed by atoms with Crippen LogP contribution in [0.5, 0.6) is 5.75 Å². The molecule has 0 unspecified atom stereocenters. The molecule has 4 aromatic rings. The molecule has 0 radical (unpaired) electrons. The summed E-state index contributed by atoms with van der Waals surface area (Å²) in [5.74, 6) is 0.0111. The van der Waals surface area contributed by atoms with Crippen LogP contribution in [-0.4, -0.2) is 16.1 Å². The maximum atomic E-state index is 12.8. The number of ether oxygens (including phenoxy) is 1. The number of carboxylic acid groups (broad SMARTS) is 1. The molecule has 0 bridgehead atoms. The number of aryl methyl sites for hydroxylation is 1. The highest BCUT2D eigenvalue weighted by atomic mass is 19.4. The summed E-state index contributed by atoms with van der Waals surface area (Å²) < 4.78 is 49.9. The maximum absolute atomic E-state index is 12.8. The summed E-state index contributed by atoms with van der Waals surface area (Å²) in [6.07, 6.45) is -4.62. The summed E-state index contributed by atoms with van der Waals surface area (Å²) in [6.45, 7) is 1.69. The summed E-state index contributed by atoms with van der Waals surface area (Å²) in [6, 6.07) is 15.6. The zero-order valence-electron chi connectivity index (χ0n) is 16.9. The van der Waals surface area contributed by atoms with Crippen molar-refractivity contribution in [2.45, 2.75) is 26.1 Å². The van der Waals surface area contributed by atoms with E-state index in [0.29, 0.717) is 28.3 Å². The number of aromatic nitrogens is 1. The van der Waals surface area contributed by atoms with E-state index in [9.17, 15) is 23.1 Å². The van der Waals surface area contributed by atoms with Crippen LogP contribution in [0.25, 0.3) is 22.2 Å². The number of benzene rings is 3. The van der Waals surface area contributed by atoms with Crippen LogP contribution in [0, 0.1) is 6.92 Å². The number of rotatable bonds is 6. The summed E-state index contributed by atoms with van der Waals surface area (Å²) in [5.41, 5.74) is 0.705. The van der Waals surface area contributed by atoms with E-state index in [-0.39, 0.29) is 18.9 Å². The van der Waals surface area contributed by atoms with Crippen LogP contribution in [0.4, 0.5) is 13.2 Å². The van der Waals surface area contributed by atoms with Gasteiger partial charge in [0.1, 0.15) is 12.4 Å². The van der Waals surface area contributed by atoms with Gasteiger partial charge in [-0.1, -0.05) is 24.3 Å². The minimum absolute atomic E-state index is 0.00950. The van der Waals surface area contributed by atoms with E-state index in [4.69, 9.17) is 9.15 Å². The van der Waals surface area contributed by atoms with Crippen molar-refractivity contribution in [3.63, 3.8) is 0 Å². The first-order valence-corrected chi connectivity index (χ1v) is 9.71. The Morgan fingerprint density at radius 1 is 1.06 bits per heavy atom. The number of aliphatic carboxylic acids is 1. The SMILES string of the molecule is Cc1nc(-c2ccc(C(F)(F)F)cc2)oc1COc1cc2ccccc2cc1CC(=O)O. The summed E-state index contributed by atoms with van der Waals surface area (Å²) in [5, 5.41) is 11.0. The van der Waals surface area contributed by atoms with Crippen molar-refractivity contribution in [1.82, 2.24) is 4.98 Å². The lowest BCUT2D eigenvalue weighted by molar-refractivity contribution is -0.138. The van der Waals surface area contributed by atoms with Crippen molar-refractivity contribution in [2.75, 3.05) is 0 Å². The van der Waals surface area contributed by atoms with E-state index < -0.39 is 17.7 Å². The second-order valence-corrected chi connectivity index (χ2v) is 7.27. The molecular weight excluding hydrogens is 423 g/mol. The molecule has 0 atom stereocenters. The molecular formula is C24H18F3NO4. The molecule has 0 saturated heterocycles. The summed E-state index contributed by atoms with van der Waals surface area (Å²) in [7, 11) is 0. The molecule has 0 fully saturated rings. The molecule has 5 nitrogen and oxygen atoms in total. The third-order valence-electron chi connectivity index (χ3n) is 4.98. The number of halogens is 3. The minimum atomic E-state index is -4.42. The van der Waals surface area contributed by atoms with Gasteiger partial charge in [-0.15, -0.1) is 0 Å². The molecule has 0 aliphatic rings. The monoisotopic (exact) mass is 441 g/mol. The van der Waals surface area contributed by atoms with Gasteiger partial charge in [-0.05, 0) is 54.1 Å². The van der Waals surface area contributed by atoms with Gasteiger partial charge >= 0.3 is 12.1 Å². The number of carboxylic acids is 1. The smallest absolute Gasteiger partial charge is 0.416 e. The van der Waals surface area contributed by atoms with Crippen molar-refractivity contribution < 1.29 is 32.2 Å². The van der Waals surface area contributed by atoms with Gasteiger partial charge in [0.25, 0.3) is 0 Å². The third kappa shape index (κ3) is 4.59. The van der Waals surface area contributed by atoms with E-state index in [0.717, 1.165) is 22.9 Å². The van der Waals surface area contributed by atoms with E-state index >= 15 is 0 Å². The Kier molecular flexibility index (Phi) is 5.61. The topological polar surface area (TPSA) is 72.6 Å². The number of fused-ring (bicyclic) bond motifs is 1. The van der Waals surface area contributed by atoms with Crippen molar-refractivity contribution >= 4 is 16.7 Å². The van der Waals surface area contributed by atoms with Gasteiger partial charge in [0.2, 0.25) is 5.89 Å². The van der Waals surface area contributed by atoms with Crippen molar-refractivity contribution in [3.8, 4) is 17.2 Å². The standard InChI is InChI=1S/C24H18F3NO4/c1-14-21(32-23(28-14)15-6-8-19(9-7-15)24(25,26)27)13-31-20-11-17-5-3-2-4-16(17)10-18(20)12-22(29)30/h2-11H,12-13H2,1H3,(H,29,30). The first-order valence-electron chi connectivity index (χ1n) is 9.71. The van der Waals surface area contributed by atoms with Crippen LogP contribution in [0.3, 0.4) is 0 Å². The quantitative estimate of drug-likeness (QED) is 0.396. The van der Waals surface area contributed by atoms with Crippen LogP contribution in [0.15, 0.2) is 65.1 Å². The second-order valence-electron chi connectivity index (χ2n) is 7.27. The molecule has 1 heterocycles. The molecule has 0 aliphatic heterocycles. The van der Waals surface area contributed by atoms with Gasteiger partial charge in [0.05, 0.1) is 17.7 Å². The molecule has 0 aliphatic carbocycles. The number of oxazole rings is 1. The first-order chi connectivity index (χ1) is 15.2. The molecule has 0 spiro atoms. The number of hydrogen-bond donors (Lipinski definition) is 1. The zero-order valence-corrected chi connectivity index (χ0v) is 16.9. The molecule has 32 heavy (non-hydrogen) atoms. The average molecular weight is 441 g/mol. The van der Waals surface area contributed by atoms with Crippen LogP contribution in [-0.2, 0) is 24.0 Å². The predicted molar refractivity (Wildman–Crippen MR) is 111 cm³/mol. The van der Waals surface area contributed by atoms with Gasteiger partial charge in [-0.2, -0.15) is 13.2 Å². The van der Waals surface area contributed by atoms with Crippen molar-refractivity contribution in [1.29, 1.82) is 0 Å². The lowest BCUT2D eigenvalue weighted by atomic mass is 10.0. The van der Waals surface area contributed by atoms with Crippen molar-refractivity contribution in [2.24, 2.45) is 0 Å². The number of carbonyl (C=O) groups is 1. The Morgan fingerprint density at radius 3 is 2.34 bits per heavy atom. The minimum Gasteiger partial charge on any atom is -0.485 e. The fourth-order valence-electron chi connectivity index (χ4n) is 3.33. The number of hydrogen-bond acceptors (Lipinski definition) is 4. The zero-order chi connectivity index (χ0) is 22.9. The predicted octanol–water partition coefficient (Wildman–Crippen LogP) is 6.03. The van der Waals surface area contributed by atoms with Gasteiger partial charge in [0, 0.05) is 11.1 Å².